The maximum absolute atomic E-state index is 12.2. The van der Waals surface area contributed by atoms with Gasteiger partial charge < -0.3 is 20.4 Å². The van der Waals surface area contributed by atoms with Crippen LogP contribution in [-0.2, 0) is 0 Å². The molecule has 1 amide bonds. The fraction of sp³-hybridized carbons (Fsp3) is 0.312. The highest BCUT2D eigenvalue weighted by Crippen LogP contribution is 2.30. The molecule has 24 heavy (non-hydrogen) atoms. The zero-order valence-corrected chi connectivity index (χ0v) is 12.6. The first-order valence-corrected chi connectivity index (χ1v) is 7.44. The number of alkyl halides is 3. The lowest BCUT2D eigenvalue weighted by molar-refractivity contribution is -0.274. The summed E-state index contributed by atoms with van der Waals surface area (Å²) in [5.74, 6) is -0.458. The molecule has 2 heterocycles. The van der Waals surface area contributed by atoms with Gasteiger partial charge in [0.05, 0.1) is 6.04 Å². The summed E-state index contributed by atoms with van der Waals surface area (Å²) in [6.07, 6.45) is -2.17. The normalized spacial score (nSPS) is 17.3. The number of rotatable bonds is 4. The topological polar surface area (TPSA) is 69.3 Å². The molecule has 0 bridgehead atoms. The third-order valence-corrected chi connectivity index (χ3v) is 3.89. The Kier molecular flexibility index (Phi) is 4.23. The van der Waals surface area contributed by atoms with Crippen LogP contribution in [0.1, 0.15) is 23.0 Å². The predicted octanol–water partition coefficient (Wildman–Crippen LogP) is 2.69. The van der Waals surface area contributed by atoms with Crippen molar-refractivity contribution in [1.82, 2.24) is 9.88 Å². The van der Waals surface area contributed by atoms with Crippen LogP contribution in [-0.4, -0.2) is 29.9 Å². The van der Waals surface area contributed by atoms with Crippen molar-refractivity contribution in [3.05, 3.63) is 42.2 Å². The molecular weight excluding hydrogens is 323 g/mol. The maximum Gasteiger partial charge on any atom is 0.573 e. The predicted molar refractivity (Wildman–Crippen MR) is 81.6 cm³/mol. The number of nitrogens with one attached hydrogen (secondary N) is 1. The summed E-state index contributed by atoms with van der Waals surface area (Å²) in [6.45, 7) is 1.01. The third kappa shape index (κ3) is 3.38. The summed E-state index contributed by atoms with van der Waals surface area (Å²) < 4.78 is 42.3. The molecule has 0 radical (unpaired) electrons. The first-order chi connectivity index (χ1) is 11.4. The second-order valence-corrected chi connectivity index (χ2v) is 5.53. The molecule has 0 fully saturated rings. The van der Waals surface area contributed by atoms with Crippen molar-refractivity contribution in [1.29, 1.82) is 0 Å². The molecule has 2 aromatic rings. The monoisotopic (exact) mass is 339 g/mol. The van der Waals surface area contributed by atoms with Crippen LogP contribution in [0, 0.1) is 0 Å². The highest BCUT2D eigenvalue weighted by molar-refractivity contribution is 5.95. The van der Waals surface area contributed by atoms with Crippen molar-refractivity contribution in [3.8, 4) is 16.9 Å². The Balaban J connectivity index is 1.88. The average molecular weight is 339 g/mol. The van der Waals surface area contributed by atoms with E-state index in [1.807, 2.05) is 10.8 Å². The van der Waals surface area contributed by atoms with E-state index < -0.39 is 6.36 Å². The van der Waals surface area contributed by atoms with Crippen LogP contribution < -0.4 is 15.8 Å². The molecule has 0 saturated carbocycles. The summed E-state index contributed by atoms with van der Waals surface area (Å²) in [5.41, 5.74) is 7.58. The van der Waals surface area contributed by atoms with Crippen molar-refractivity contribution >= 4 is 5.91 Å². The number of ether oxygens (including phenoxy) is 1. The first kappa shape index (κ1) is 16.4. The SMILES string of the molecule is NCCC1CNC(=O)c2cc(-c3ccc(OC(F)(F)F)cc3)cn21. The summed E-state index contributed by atoms with van der Waals surface area (Å²) in [5, 5.41) is 2.81. The largest absolute Gasteiger partial charge is 0.573 e. The molecular formula is C16H16F3N3O2. The van der Waals surface area contributed by atoms with Gasteiger partial charge in [0.25, 0.3) is 5.91 Å². The Hall–Kier alpha value is -2.48. The van der Waals surface area contributed by atoms with E-state index in [0.29, 0.717) is 24.3 Å². The quantitative estimate of drug-likeness (QED) is 0.900. The van der Waals surface area contributed by atoms with Crippen molar-refractivity contribution in [2.75, 3.05) is 13.1 Å². The minimum atomic E-state index is -4.72. The van der Waals surface area contributed by atoms with Crippen LogP contribution in [0.25, 0.3) is 11.1 Å². The lowest BCUT2D eigenvalue weighted by atomic mass is 10.1. The molecule has 0 spiro atoms. The van der Waals surface area contributed by atoms with Gasteiger partial charge in [-0.05, 0) is 36.7 Å². The smallest absolute Gasteiger partial charge is 0.406 e. The van der Waals surface area contributed by atoms with E-state index in [9.17, 15) is 18.0 Å². The van der Waals surface area contributed by atoms with E-state index in [4.69, 9.17) is 5.73 Å². The molecule has 0 aliphatic carbocycles. The van der Waals surface area contributed by atoms with Gasteiger partial charge in [-0.25, -0.2) is 0 Å². The Bertz CT molecular complexity index is 738. The van der Waals surface area contributed by atoms with E-state index in [0.717, 1.165) is 12.0 Å². The van der Waals surface area contributed by atoms with E-state index in [-0.39, 0.29) is 17.7 Å². The molecule has 1 aromatic carbocycles. The highest BCUT2D eigenvalue weighted by Gasteiger charge is 2.31. The van der Waals surface area contributed by atoms with Crippen molar-refractivity contribution in [2.24, 2.45) is 5.73 Å². The number of hydrogen-bond donors (Lipinski definition) is 2. The van der Waals surface area contributed by atoms with E-state index in [1.54, 1.807) is 6.07 Å². The number of nitrogens with two attached hydrogens (primary N) is 1. The minimum absolute atomic E-state index is 0.0734. The molecule has 1 aliphatic heterocycles. The lowest BCUT2D eigenvalue weighted by Gasteiger charge is -2.25. The minimum Gasteiger partial charge on any atom is -0.406 e. The van der Waals surface area contributed by atoms with Gasteiger partial charge in [0, 0.05) is 18.3 Å². The van der Waals surface area contributed by atoms with Crippen molar-refractivity contribution < 1.29 is 22.7 Å². The zero-order valence-electron chi connectivity index (χ0n) is 12.6. The summed E-state index contributed by atoms with van der Waals surface area (Å²) >= 11 is 0. The van der Waals surface area contributed by atoms with Crippen molar-refractivity contribution in [3.63, 3.8) is 0 Å². The molecule has 1 atom stereocenters. The van der Waals surface area contributed by atoms with Crippen LogP contribution in [0.2, 0.25) is 0 Å². The van der Waals surface area contributed by atoms with Crippen LogP contribution in [0.15, 0.2) is 36.5 Å². The van der Waals surface area contributed by atoms with Gasteiger partial charge in [-0.15, -0.1) is 13.2 Å². The number of aromatic nitrogens is 1. The van der Waals surface area contributed by atoms with Crippen molar-refractivity contribution in [2.45, 2.75) is 18.8 Å². The second-order valence-electron chi connectivity index (χ2n) is 5.53. The first-order valence-electron chi connectivity index (χ1n) is 7.44. The number of carbonyl (C=O) groups is 1. The van der Waals surface area contributed by atoms with Crippen LogP contribution >= 0.6 is 0 Å². The molecule has 1 aliphatic rings. The molecule has 1 unspecified atom stereocenters. The molecule has 3 rings (SSSR count). The van der Waals surface area contributed by atoms with Gasteiger partial charge in [0.1, 0.15) is 11.4 Å². The summed E-state index contributed by atoms with van der Waals surface area (Å²) in [6, 6.07) is 7.34. The van der Waals surface area contributed by atoms with Gasteiger partial charge >= 0.3 is 6.36 Å². The fourth-order valence-corrected chi connectivity index (χ4v) is 2.80. The Morgan fingerprint density at radius 2 is 1.96 bits per heavy atom. The Labute approximate surface area is 136 Å². The third-order valence-electron chi connectivity index (χ3n) is 3.89. The van der Waals surface area contributed by atoms with E-state index in [2.05, 4.69) is 10.1 Å². The lowest BCUT2D eigenvalue weighted by Crippen LogP contribution is -2.39. The number of nitrogens with zero attached hydrogens (tertiary/aromatic N) is 1. The summed E-state index contributed by atoms with van der Waals surface area (Å²) in [4.78, 5) is 12.0. The van der Waals surface area contributed by atoms with Gasteiger partial charge in [-0.3, -0.25) is 4.79 Å². The number of carbonyl (C=O) groups excluding carboxylic acids is 1. The van der Waals surface area contributed by atoms with Gasteiger partial charge in [0.2, 0.25) is 0 Å². The van der Waals surface area contributed by atoms with Gasteiger partial charge in [-0.2, -0.15) is 0 Å². The molecule has 8 heteroatoms. The molecule has 0 saturated heterocycles. The standard InChI is InChI=1S/C16H16F3N3O2/c17-16(18,19)24-13-3-1-10(2-4-13)11-7-14-15(23)21-8-12(5-6-20)22(14)9-11/h1-4,7,9,12H,5-6,8,20H2,(H,21,23). The van der Waals surface area contributed by atoms with Crippen LogP contribution in [0.5, 0.6) is 5.75 Å². The Morgan fingerprint density at radius 1 is 1.25 bits per heavy atom. The zero-order chi connectivity index (χ0) is 17.3. The highest BCUT2D eigenvalue weighted by atomic mass is 19.4. The van der Waals surface area contributed by atoms with Crippen LogP contribution in [0.4, 0.5) is 13.2 Å². The molecule has 5 nitrogen and oxygen atoms in total. The number of benzene rings is 1. The number of fused-ring (bicyclic) bond motifs is 1. The number of halogens is 3. The number of amides is 1. The average Bonchev–Trinajstić information content (AvgIpc) is 2.96. The molecule has 128 valence electrons. The fourth-order valence-electron chi connectivity index (χ4n) is 2.80. The summed E-state index contributed by atoms with van der Waals surface area (Å²) in [7, 11) is 0. The maximum atomic E-state index is 12.2. The molecule has 1 aromatic heterocycles. The van der Waals surface area contributed by atoms with Gasteiger partial charge in [0.15, 0.2) is 0 Å². The second kappa shape index (κ2) is 6.20. The Morgan fingerprint density at radius 3 is 2.58 bits per heavy atom. The van der Waals surface area contributed by atoms with E-state index >= 15 is 0 Å². The van der Waals surface area contributed by atoms with E-state index in [1.165, 1.54) is 24.3 Å². The van der Waals surface area contributed by atoms with Gasteiger partial charge in [-0.1, -0.05) is 12.1 Å². The van der Waals surface area contributed by atoms with Crippen LogP contribution in [0.3, 0.4) is 0 Å². The number of hydrogen-bond acceptors (Lipinski definition) is 3. The molecule has 3 N–H and O–H groups in total.